The van der Waals surface area contributed by atoms with Crippen LogP contribution in [0.3, 0.4) is 0 Å². The molecule has 0 aromatic carbocycles. The number of nitrogens with zero attached hydrogens (tertiary/aromatic N) is 1. The smallest absolute Gasteiger partial charge is 0.128 e. The molecule has 0 saturated heterocycles. The lowest BCUT2D eigenvalue weighted by atomic mass is 9.95. The third kappa shape index (κ3) is 12.1. The first-order chi connectivity index (χ1) is 11.4. The van der Waals surface area contributed by atoms with Crippen molar-refractivity contribution >= 4 is 5.71 Å². The Hall–Kier alpha value is -0.280. The normalized spacial score (nSPS) is 20.4. The first kappa shape index (κ1) is 23.7. The van der Waals surface area contributed by atoms with Crippen LogP contribution in [0.15, 0.2) is 5.16 Å². The molecule has 0 aromatic heterocycles. The molecular weight excluding hydrogens is 320 g/mol. The molecule has 0 aliphatic heterocycles. The molecule has 0 amide bonds. The molecule has 0 bridgehead atoms. The number of quaternary nitrogens is 1. The summed E-state index contributed by atoms with van der Waals surface area (Å²) < 4.78 is 0. The molecule has 0 heterocycles. The Morgan fingerprint density at radius 1 is 0.875 bits per heavy atom. The van der Waals surface area contributed by atoms with Crippen LogP contribution in [-0.4, -0.2) is 23.5 Å². The van der Waals surface area contributed by atoms with Gasteiger partial charge in [0, 0.05) is 6.42 Å². The summed E-state index contributed by atoms with van der Waals surface area (Å²) in [7, 11) is 0. The van der Waals surface area contributed by atoms with Gasteiger partial charge < -0.3 is 22.9 Å². The highest BCUT2D eigenvalue weighted by atomic mass is 35.5. The van der Waals surface area contributed by atoms with Gasteiger partial charge in [-0.1, -0.05) is 76.3 Å². The number of hydrogen-bond donors (Lipinski definition) is 2. The number of halogens is 1. The maximum absolute atomic E-state index is 9.22. The highest BCUT2D eigenvalue weighted by molar-refractivity contribution is 5.87. The van der Waals surface area contributed by atoms with Crippen LogP contribution in [0, 0.1) is 0 Å². The van der Waals surface area contributed by atoms with Crippen LogP contribution in [0.1, 0.15) is 110 Å². The van der Waals surface area contributed by atoms with Crippen LogP contribution in [0.25, 0.3) is 0 Å². The zero-order chi connectivity index (χ0) is 16.6. The van der Waals surface area contributed by atoms with E-state index in [9.17, 15) is 5.21 Å². The van der Waals surface area contributed by atoms with Gasteiger partial charge in [-0.2, -0.15) is 0 Å². The molecule has 24 heavy (non-hydrogen) atoms. The largest absolute Gasteiger partial charge is 1.00 e. The van der Waals surface area contributed by atoms with E-state index in [0.29, 0.717) is 6.04 Å². The summed E-state index contributed by atoms with van der Waals surface area (Å²) in [6, 6.07) is 0.443. The van der Waals surface area contributed by atoms with E-state index in [1.165, 1.54) is 103 Å². The van der Waals surface area contributed by atoms with E-state index >= 15 is 0 Å². The predicted molar refractivity (Wildman–Crippen MR) is 99.3 cm³/mol. The van der Waals surface area contributed by atoms with Crippen LogP contribution in [0.5, 0.6) is 0 Å². The van der Waals surface area contributed by atoms with Crippen molar-refractivity contribution in [1.29, 1.82) is 0 Å². The number of nitrogens with two attached hydrogens (primary N) is 1. The molecule has 0 aromatic rings. The van der Waals surface area contributed by atoms with Crippen molar-refractivity contribution in [3.05, 3.63) is 0 Å². The topological polar surface area (TPSA) is 49.2 Å². The highest BCUT2D eigenvalue weighted by Gasteiger charge is 2.20. The van der Waals surface area contributed by atoms with Crippen molar-refractivity contribution in [3.8, 4) is 0 Å². The molecule has 1 aliphatic carbocycles. The predicted octanol–water partition coefficient (Wildman–Crippen LogP) is 2.03. The molecule has 3 N–H and O–H groups in total. The lowest BCUT2D eigenvalue weighted by Crippen LogP contribution is -3.00. The Bertz CT molecular complexity index is 297. The molecule has 1 unspecified atom stereocenters. The number of rotatable bonds is 12. The average molecular weight is 361 g/mol. The van der Waals surface area contributed by atoms with E-state index in [2.05, 4.69) is 17.4 Å². The van der Waals surface area contributed by atoms with Gasteiger partial charge >= 0.3 is 0 Å². The van der Waals surface area contributed by atoms with E-state index in [1.54, 1.807) is 0 Å². The second-order valence-corrected chi connectivity index (χ2v) is 7.36. The van der Waals surface area contributed by atoms with Gasteiger partial charge in [0.05, 0.1) is 6.54 Å². The monoisotopic (exact) mass is 360 g/mol. The van der Waals surface area contributed by atoms with E-state index in [4.69, 9.17) is 0 Å². The fraction of sp³-hybridized carbons (Fsp3) is 0.950. The lowest BCUT2D eigenvalue weighted by Gasteiger charge is -2.19. The van der Waals surface area contributed by atoms with Crippen LogP contribution in [0.4, 0.5) is 0 Å². The zero-order valence-corrected chi connectivity index (χ0v) is 16.7. The van der Waals surface area contributed by atoms with E-state index in [-0.39, 0.29) is 12.4 Å². The Labute approximate surface area is 156 Å². The van der Waals surface area contributed by atoms with Crippen LogP contribution < -0.4 is 17.7 Å². The SMILES string of the molecule is CCCCCCCCCCCC[NH2+]C1CCCCCC/C1=N\O.[Cl-]. The first-order valence-corrected chi connectivity index (χ1v) is 10.4. The van der Waals surface area contributed by atoms with Crippen LogP contribution >= 0.6 is 0 Å². The second kappa shape index (κ2) is 17.5. The van der Waals surface area contributed by atoms with Crippen molar-refractivity contribution in [1.82, 2.24) is 0 Å². The molecule has 144 valence electrons. The maximum Gasteiger partial charge on any atom is 0.128 e. The van der Waals surface area contributed by atoms with Gasteiger partial charge in [0.25, 0.3) is 0 Å². The van der Waals surface area contributed by atoms with Gasteiger partial charge in [0.2, 0.25) is 0 Å². The molecule has 1 atom stereocenters. The van der Waals surface area contributed by atoms with Gasteiger partial charge in [-0.25, -0.2) is 0 Å². The molecular formula is C20H41ClN2O. The van der Waals surface area contributed by atoms with Crippen molar-refractivity contribution in [2.24, 2.45) is 5.16 Å². The van der Waals surface area contributed by atoms with Gasteiger partial charge in [-0.15, -0.1) is 0 Å². The first-order valence-electron chi connectivity index (χ1n) is 10.4. The molecule has 4 heteroatoms. The molecule has 1 rings (SSSR count). The van der Waals surface area contributed by atoms with Gasteiger partial charge in [-0.05, 0) is 32.1 Å². The summed E-state index contributed by atoms with van der Waals surface area (Å²) in [5.41, 5.74) is 1.04. The Morgan fingerprint density at radius 3 is 2.08 bits per heavy atom. The van der Waals surface area contributed by atoms with E-state index < -0.39 is 0 Å². The summed E-state index contributed by atoms with van der Waals surface area (Å²) >= 11 is 0. The fourth-order valence-corrected chi connectivity index (χ4v) is 3.70. The van der Waals surface area contributed by atoms with Gasteiger partial charge in [0.15, 0.2) is 0 Å². The van der Waals surface area contributed by atoms with Gasteiger partial charge in [0.1, 0.15) is 11.8 Å². The summed E-state index contributed by atoms with van der Waals surface area (Å²) in [4.78, 5) is 0. The maximum atomic E-state index is 9.22. The molecule has 1 fully saturated rings. The zero-order valence-electron chi connectivity index (χ0n) is 15.9. The van der Waals surface area contributed by atoms with Crippen molar-refractivity contribution < 1.29 is 22.9 Å². The Balaban J connectivity index is 0.00000529. The summed E-state index contributed by atoms with van der Waals surface area (Å²) in [6.45, 7) is 3.48. The number of unbranched alkanes of at least 4 members (excludes halogenated alkanes) is 9. The van der Waals surface area contributed by atoms with E-state index in [0.717, 1.165) is 12.1 Å². The summed E-state index contributed by atoms with van der Waals surface area (Å²) in [5, 5.41) is 15.2. The van der Waals surface area contributed by atoms with Crippen LogP contribution in [-0.2, 0) is 0 Å². The molecule has 1 saturated carbocycles. The average Bonchev–Trinajstić information content (AvgIpc) is 2.54. The Kier molecular flexibility index (Phi) is 17.3. The molecule has 3 nitrogen and oxygen atoms in total. The minimum atomic E-state index is 0. The highest BCUT2D eigenvalue weighted by Crippen LogP contribution is 2.14. The van der Waals surface area contributed by atoms with Crippen molar-refractivity contribution in [2.75, 3.05) is 6.54 Å². The lowest BCUT2D eigenvalue weighted by molar-refractivity contribution is -0.675. The second-order valence-electron chi connectivity index (χ2n) is 7.36. The minimum Gasteiger partial charge on any atom is -1.00 e. The van der Waals surface area contributed by atoms with Gasteiger partial charge in [-0.3, -0.25) is 0 Å². The third-order valence-corrected chi connectivity index (χ3v) is 5.26. The summed E-state index contributed by atoms with van der Waals surface area (Å²) in [5.74, 6) is 0. The third-order valence-electron chi connectivity index (χ3n) is 5.26. The molecule has 0 spiro atoms. The minimum absolute atomic E-state index is 0. The van der Waals surface area contributed by atoms with Crippen molar-refractivity contribution in [3.63, 3.8) is 0 Å². The molecule has 1 aliphatic rings. The summed E-state index contributed by atoms with van der Waals surface area (Å²) in [6.07, 6.45) is 21.3. The van der Waals surface area contributed by atoms with Crippen molar-refractivity contribution in [2.45, 2.75) is 116 Å². The number of hydrogen-bond acceptors (Lipinski definition) is 2. The fourth-order valence-electron chi connectivity index (χ4n) is 3.70. The Morgan fingerprint density at radius 2 is 1.46 bits per heavy atom. The quantitative estimate of drug-likeness (QED) is 0.312. The molecule has 0 radical (unpaired) electrons. The number of oxime groups is 1. The van der Waals surface area contributed by atoms with E-state index in [1.807, 2.05) is 0 Å². The standard InChI is InChI=1S/C20H40N2O.ClH/c1-2-3-4-5-6-7-8-9-12-15-18-21-19-16-13-10-11-14-17-20(19)22-23;/h19,21,23H,2-18H2,1H3;1H/b22-20+;. The van der Waals surface area contributed by atoms with Crippen LogP contribution in [0.2, 0.25) is 0 Å².